The molecule has 1 aromatic carbocycles. The molecule has 100 valence electrons. The van der Waals surface area contributed by atoms with Gasteiger partial charge in [-0.15, -0.1) is 0 Å². The van der Waals surface area contributed by atoms with E-state index in [0.717, 1.165) is 12.4 Å². The summed E-state index contributed by atoms with van der Waals surface area (Å²) in [5, 5.41) is 3.62. The number of aromatic amines is 1. The summed E-state index contributed by atoms with van der Waals surface area (Å²) in [4.78, 5) is 7.41. The lowest BCUT2D eigenvalue weighted by Crippen LogP contribution is -2.32. The first-order valence-corrected chi connectivity index (χ1v) is 6.98. The maximum atomic E-state index is 4.27. The molecule has 3 heteroatoms. The molecule has 1 aliphatic carbocycles. The Morgan fingerprint density at radius 3 is 3.00 bits per heavy atom. The Hall–Kier alpha value is -1.61. The molecule has 1 atom stereocenters. The molecule has 0 saturated heterocycles. The second-order valence-electron chi connectivity index (χ2n) is 5.98. The highest BCUT2D eigenvalue weighted by Crippen LogP contribution is 2.41. The molecule has 0 amide bonds. The molecule has 0 saturated carbocycles. The average molecular weight is 255 g/mol. The highest BCUT2D eigenvalue weighted by molar-refractivity contribution is 5.38. The lowest BCUT2D eigenvalue weighted by atomic mass is 9.71. The Morgan fingerprint density at radius 1 is 1.37 bits per heavy atom. The summed E-state index contributed by atoms with van der Waals surface area (Å²) in [5.74, 6) is 1.00. The number of H-pyrrole nitrogens is 1. The number of nitrogens with one attached hydrogen (secondary N) is 2. The van der Waals surface area contributed by atoms with E-state index >= 15 is 0 Å². The van der Waals surface area contributed by atoms with E-state index in [1.165, 1.54) is 24.0 Å². The Labute approximate surface area is 114 Å². The van der Waals surface area contributed by atoms with Crippen LogP contribution in [0.5, 0.6) is 0 Å². The fourth-order valence-electron chi connectivity index (χ4n) is 3.04. The Morgan fingerprint density at radius 2 is 2.21 bits per heavy atom. The lowest BCUT2D eigenvalue weighted by molar-refractivity contribution is 0.356. The van der Waals surface area contributed by atoms with Crippen LogP contribution in [0.15, 0.2) is 36.7 Å². The molecule has 0 spiro atoms. The molecule has 2 aromatic rings. The molecule has 0 radical (unpaired) electrons. The van der Waals surface area contributed by atoms with Gasteiger partial charge in [-0.25, -0.2) is 4.98 Å². The third kappa shape index (κ3) is 2.43. The number of nitrogens with zero attached hydrogens (tertiary/aromatic N) is 1. The van der Waals surface area contributed by atoms with Crippen molar-refractivity contribution in [2.24, 2.45) is 0 Å². The van der Waals surface area contributed by atoms with Crippen LogP contribution in [0.25, 0.3) is 0 Å². The van der Waals surface area contributed by atoms with Gasteiger partial charge in [0.05, 0.1) is 6.54 Å². The SMILES string of the molecule is CC1(C)CCC(NCc2ncc[nH]2)c2ccccc21. The summed E-state index contributed by atoms with van der Waals surface area (Å²) in [6, 6.07) is 9.26. The highest BCUT2D eigenvalue weighted by Gasteiger charge is 2.31. The topological polar surface area (TPSA) is 40.7 Å². The molecule has 3 nitrogen and oxygen atoms in total. The second-order valence-corrected chi connectivity index (χ2v) is 5.98. The summed E-state index contributed by atoms with van der Waals surface area (Å²) in [7, 11) is 0. The molecule has 2 N–H and O–H groups in total. The first-order valence-electron chi connectivity index (χ1n) is 6.98. The van der Waals surface area contributed by atoms with E-state index < -0.39 is 0 Å². The Balaban J connectivity index is 1.80. The molecular formula is C16H21N3. The zero-order valence-corrected chi connectivity index (χ0v) is 11.6. The quantitative estimate of drug-likeness (QED) is 0.883. The number of hydrogen-bond acceptors (Lipinski definition) is 2. The van der Waals surface area contributed by atoms with E-state index in [9.17, 15) is 0 Å². The second kappa shape index (κ2) is 4.82. The molecule has 0 aliphatic heterocycles. The minimum Gasteiger partial charge on any atom is -0.348 e. The molecule has 0 fully saturated rings. The van der Waals surface area contributed by atoms with Gasteiger partial charge in [0.1, 0.15) is 5.82 Å². The van der Waals surface area contributed by atoms with E-state index in [-0.39, 0.29) is 0 Å². The number of hydrogen-bond donors (Lipinski definition) is 2. The van der Waals surface area contributed by atoms with Crippen molar-refractivity contribution >= 4 is 0 Å². The van der Waals surface area contributed by atoms with E-state index in [1.54, 1.807) is 6.20 Å². The van der Waals surface area contributed by atoms with Gasteiger partial charge in [-0.1, -0.05) is 38.1 Å². The summed E-state index contributed by atoms with van der Waals surface area (Å²) in [6.45, 7) is 5.48. The molecule has 3 rings (SSSR count). The van der Waals surface area contributed by atoms with Crippen LogP contribution in [-0.4, -0.2) is 9.97 Å². The van der Waals surface area contributed by atoms with Crippen LogP contribution in [0.3, 0.4) is 0 Å². The van der Waals surface area contributed by atoms with Gasteiger partial charge < -0.3 is 10.3 Å². The van der Waals surface area contributed by atoms with Crippen LogP contribution in [0, 0.1) is 0 Å². The Kier molecular flexibility index (Phi) is 3.15. The molecule has 0 bridgehead atoms. The number of fused-ring (bicyclic) bond motifs is 1. The predicted molar refractivity (Wildman–Crippen MR) is 76.9 cm³/mol. The zero-order valence-electron chi connectivity index (χ0n) is 11.6. The Bertz CT molecular complexity index is 543. The fraction of sp³-hybridized carbons (Fsp3) is 0.438. The minimum atomic E-state index is 0.291. The number of aromatic nitrogens is 2. The van der Waals surface area contributed by atoms with Crippen LogP contribution < -0.4 is 5.32 Å². The van der Waals surface area contributed by atoms with Gasteiger partial charge in [0.15, 0.2) is 0 Å². The van der Waals surface area contributed by atoms with Crippen molar-refractivity contribution in [3.8, 4) is 0 Å². The molecule has 1 heterocycles. The monoisotopic (exact) mass is 255 g/mol. The number of imidazole rings is 1. The third-order valence-corrected chi connectivity index (χ3v) is 4.19. The van der Waals surface area contributed by atoms with Crippen LogP contribution >= 0.6 is 0 Å². The fourth-order valence-corrected chi connectivity index (χ4v) is 3.04. The van der Waals surface area contributed by atoms with Gasteiger partial charge in [0.2, 0.25) is 0 Å². The maximum Gasteiger partial charge on any atom is 0.120 e. The van der Waals surface area contributed by atoms with E-state index in [0.29, 0.717) is 11.5 Å². The summed E-state index contributed by atoms with van der Waals surface area (Å²) >= 11 is 0. The van der Waals surface area contributed by atoms with E-state index in [1.807, 2.05) is 6.20 Å². The predicted octanol–water partition coefficient (Wildman–Crippen LogP) is 3.31. The van der Waals surface area contributed by atoms with Gasteiger partial charge >= 0.3 is 0 Å². The molecule has 1 unspecified atom stereocenters. The lowest BCUT2D eigenvalue weighted by Gasteiger charge is -2.37. The normalized spacial score (nSPS) is 21.1. The van der Waals surface area contributed by atoms with Gasteiger partial charge in [-0.2, -0.15) is 0 Å². The average Bonchev–Trinajstić information content (AvgIpc) is 2.91. The van der Waals surface area contributed by atoms with Crippen LogP contribution in [0.1, 0.15) is 49.7 Å². The summed E-state index contributed by atoms with van der Waals surface area (Å²) in [6.07, 6.45) is 6.08. The number of rotatable bonds is 3. The van der Waals surface area contributed by atoms with Crippen molar-refractivity contribution in [1.82, 2.24) is 15.3 Å². The van der Waals surface area contributed by atoms with Crippen molar-refractivity contribution in [2.45, 2.75) is 44.7 Å². The van der Waals surface area contributed by atoms with Crippen LogP contribution in [0.2, 0.25) is 0 Å². The van der Waals surface area contributed by atoms with Gasteiger partial charge in [-0.05, 0) is 29.4 Å². The van der Waals surface area contributed by atoms with Crippen molar-refractivity contribution < 1.29 is 0 Å². The van der Waals surface area contributed by atoms with Crippen LogP contribution in [0.4, 0.5) is 0 Å². The highest BCUT2D eigenvalue weighted by atomic mass is 15.0. The molecule has 19 heavy (non-hydrogen) atoms. The van der Waals surface area contributed by atoms with Crippen molar-refractivity contribution in [3.63, 3.8) is 0 Å². The standard InChI is InChI=1S/C16H21N3/c1-16(2)8-7-14(12-5-3-4-6-13(12)16)19-11-15-17-9-10-18-15/h3-6,9-10,14,19H,7-8,11H2,1-2H3,(H,17,18). The van der Waals surface area contributed by atoms with Crippen molar-refractivity contribution in [2.75, 3.05) is 0 Å². The third-order valence-electron chi connectivity index (χ3n) is 4.19. The largest absolute Gasteiger partial charge is 0.348 e. The molecule has 1 aromatic heterocycles. The van der Waals surface area contributed by atoms with Gasteiger partial charge in [0, 0.05) is 18.4 Å². The summed E-state index contributed by atoms with van der Waals surface area (Å²) in [5.41, 5.74) is 3.22. The first-order chi connectivity index (χ1) is 9.17. The summed E-state index contributed by atoms with van der Waals surface area (Å²) < 4.78 is 0. The number of benzene rings is 1. The van der Waals surface area contributed by atoms with E-state index in [4.69, 9.17) is 0 Å². The van der Waals surface area contributed by atoms with E-state index in [2.05, 4.69) is 53.4 Å². The smallest absolute Gasteiger partial charge is 0.120 e. The van der Waals surface area contributed by atoms with Gasteiger partial charge in [0.25, 0.3) is 0 Å². The van der Waals surface area contributed by atoms with Crippen molar-refractivity contribution in [1.29, 1.82) is 0 Å². The zero-order chi connectivity index (χ0) is 13.3. The molecule has 1 aliphatic rings. The van der Waals surface area contributed by atoms with Crippen molar-refractivity contribution in [3.05, 3.63) is 53.6 Å². The first kappa shape index (κ1) is 12.4. The molecular weight excluding hydrogens is 234 g/mol. The minimum absolute atomic E-state index is 0.291. The van der Waals surface area contributed by atoms with Crippen LogP contribution in [-0.2, 0) is 12.0 Å². The maximum absolute atomic E-state index is 4.27. The van der Waals surface area contributed by atoms with Gasteiger partial charge in [-0.3, -0.25) is 0 Å².